The third-order valence-electron chi connectivity index (χ3n) is 3.23. The van der Waals surface area contributed by atoms with Gasteiger partial charge in [0.05, 0.1) is 5.92 Å². The van der Waals surface area contributed by atoms with Crippen LogP contribution >= 0.6 is 0 Å². The fraction of sp³-hybridized carbons (Fsp3) is 0.833. The molecule has 0 aromatic heterocycles. The number of urea groups is 1. The number of amides is 2. The first-order valence-electron chi connectivity index (χ1n) is 6.40. The largest absolute Gasteiger partial charge is 0.481 e. The molecule has 1 rings (SSSR count). The summed E-state index contributed by atoms with van der Waals surface area (Å²) < 4.78 is 0. The van der Waals surface area contributed by atoms with Crippen molar-refractivity contribution < 1.29 is 14.7 Å². The van der Waals surface area contributed by atoms with E-state index in [-0.39, 0.29) is 18.0 Å². The minimum atomic E-state index is -0.712. The lowest BCUT2D eigenvalue weighted by Crippen LogP contribution is -2.44. The summed E-state index contributed by atoms with van der Waals surface area (Å²) in [5, 5.41) is 14.5. The molecule has 0 saturated heterocycles. The van der Waals surface area contributed by atoms with Crippen LogP contribution in [0.5, 0.6) is 0 Å². The molecule has 0 radical (unpaired) electrons. The second-order valence-electron chi connectivity index (χ2n) is 4.64. The third-order valence-corrected chi connectivity index (χ3v) is 3.23. The van der Waals surface area contributed by atoms with Crippen LogP contribution in [0.25, 0.3) is 0 Å². The van der Waals surface area contributed by atoms with E-state index in [4.69, 9.17) is 5.11 Å². The van der Waals surface area contributed by atoms with E-state index in [1.807, 2.05) is 0 Å². The molecule has 5 nitrogen and oxygen atoms in total. The van der Waals surface area contributed by atoms with Crippen molar-refractivity contribution in [3.63, 3.8) is 0 Å². The molecular formula is C12H22N2O3. The fourth-order valence-corrected chi connectivity index (χ4v) is 2.10. The highest BCUT2D eigenvalue weighted by Gasteiger charge is 2.26. The third kappa shape index (κ3) is 5.06. The van der Waals surface area contributed by atoms with Crippen molar-refractivity contribution in [2.24, 2.45) is 5.92 Å². The van der Waals surface area contributed by atoms with Crippen molar-refractivity contribution in [1.29, 1.82) is 0 Å². The summed E-state index contributed by atoms with van der Waals surface area (Å²) in [7, 11) is 0. The van der Waals surface area contributed by atoms with Crippen LogP contribution in [0.15, 0.2) is 0 Å². The summed E-state index contributed by atoms with van der Waals surface area (Å²) in [6, 6.07) is 0.00412. The van der Waals surface area contributed by atoms with Gasteiger partial charge >= 0.3 is 12.0 Å². The van der Waals surface area contributed by atoms with Gasteiger partial charge in [0.2, 0.25) is 0 Å². The number of aliphatic carboxylic acids is 1. The highest BCUT2D eigenvalue weighted by molar-refractivity contribution is 5.74. The molecule has 1 aliphatic carbocycles. The van der Waals surface area contributed by atoms with E-state index in [2.05, 4.69) is 17.6 Å². The predicted molar refractivity (Wildman–Crippen MR) is 64.8 cm³/mol. The number of rotatable bonds is 5. The second-order valence-corrected chi connectivity index (χ2v) is 4.64. The van der Waals surface area contributed by atoms with Gasteiger partial charge in [-0.25, -0.2) is 4.79 Å². The van der Waals surface area contributed by atoms with Gasteiger partial charge < -0.3 is 15.7 Å². The molecule has 0 aromatic carbocycles. The van der Waals surface area contributed by atoms with Crippen LogP contribution in [-0.2, 0) is 4.79 Å². The zero-order valence-corrected chi connectivity index (χ0v) is 10.4. The summed E-state index contributed by atoms with van der Waals surface area (Å²) in [6.45, 7) is 2.78. The van der Waals surface area contributed by atoms with Crippen molar-refractivity contribution in [1.82, 2.24) is 10.6 Å². The number of hydrogen-bond acceptors (Lipinski definition) is 2. The molecule has 0 aliphatic heterocycles. The Morgan fingerprint density at radius 1 is 1.24 bits per heavy atom. The van der Waals surface area contributed by atoms with Gasteiger partial charge in [-0.1, -0.05) is 13.3 Å². The highest BCUT2D eigenvalue weighted by Crippen LogP contribution is 2.24. The molecule has 3 N–H and O–H groups in total. The maximum absolute atomic E-state index is 11.5. The van der Waals surface area contributed by atoms with E-state index < -0.39 is 5.97 Å². The van der Waals surface area contributed by atoms with Gasteiger partial charge in [0, 0.05) is 12.6 Å². The van der Waals surface area contributed by atoms with Gasteiger partial charge in [-0.05, 0) is 32.1 Å². The topological polar surface area (TPSA) is 78.4 Å². The summed E-state index contributed by atoms with van der Waals surface area (Å²) in [6.07, 6.45) is 4.89. The molecule has 1 aliphatic rings. The molecule has 0 atom stereocenters. The fourth-order valence-electron chi connectivity index (χ4n) is 2.10. The van der Waals surface area contributed by atoms with Gasteiger partial charge in [0.1, 0.15) is 0 Å². The summed E-state index contributed by atoms with van der Waals surface area (Å²) in [4.78, 5) is 22.2. The number of carbonyl (C=O) groups excluding carboxylic acids is 1. The quantitative estimate of drug-likeness (QED) is 0.642. The van der Waals surface area contributed by atoms with Crippen LogP contribution in [0.4, 0.5) is 4.79 Å². The van der Waals surface area contributed by atoms with Crippen molar-refractivity contribution in [2.75, 3.05) is 6.54 Å². The molecule has 0 bridgehead atoms. The molecular weight excluding hydrogens is 220 g/mol. The van der Waals surface area contributed by atoms with E-state index in [1.54, 1.807) is 0 Å². The number of hydrogen-bond donors (Lipinski definition) is 3. The van der Waals surface area contributed by atoms with Gasteiger partial charge in [0.15, 0.2) is 0 Å². The van der Waals surface area contributed by atoms with E-state index >= 15 is 0 Å². The molecule has 2 amide bonds. The molecule has 0 unspecified atom stereocenters. The normalized spacial score (nSPS) is 24.1. The van der Waals surface area contributed by atoms with Gasteiger partial charge in [-0.2, -0.15) is 0 Å². The first kappa shape index (κ1) is 13.8. The molecule has 0 heterocycles. The molecule has 98 valence electrons. The molecule has 1 fully saturated rings. The number of carbonyl (C=O) groups is 2. The Bertz CT molecular complexity index is 260. The minimum absolute atomic E-state index is 0.128. The molecule has 17 heavy (non-hydrogen) atoms. The highest BCUT2D eigenvalue weighted by atomic mass is 16.4. The van der Waals surface area contributed by atoms with Crippen molar-refractivity contribution >= 4 is 12.0 Å². The maximum atomic E-state index is 11.5. The standard InChI is InChI=1S/C12H22N2O3/c1-2-3-8-13-12(17)14-10-6-4-9(5-7-10)11(15)16/h9-10H,2-8H2,1H3,(H,15,16)(H2,13,14,17). The number of nitrogens with one attached hydrogen (secondary N) is 2. The predicted octanol–water partition coefficient (Wildman–Crippen LogP) is 1.73. The summed E-state index contributed by atoms with van der Waals surface area (Å²) in [5.74, 6) is -0.938. The first-order chi connectivity index (χ1) is 8.13. The van der Waals surface area contributed by atoms with Crippen molar-refractivity contribution in [3.8, 4) is 0 Å². The van der Waals surface area contributed by atoms with Crippen LogP contribution in [0, 0.1) is 5.92 Å². The van der Waals surface area contributed by atoms with Crippen molar-refractivity contribution in [2.45, 2.75) is 51.5 Å². The molecule has 0 aromatic rings. The molecule has 5 heteroatoms. The lowest BCUT2D eigenvalue weighted by molar-refractivity contribution is -0.142. The van der Waals surface area contributed by atoms with Crippen LogP contribution in [0.2, 0.25) is 0 Å². The lowest BCUT2D eigenvalue weighted by Gasteiger charge is -2.26. The maximum Gasteiger partial charge on any atom is 0.315 e. The van der Waals surface area contributed by atoms with Crippen LogP contribution in [-0.4, -0.2) is 29.7 Å². The average Bonchev–Trinajstić information content (AvgIpc) is 2.30. The minimum Gasteiger partial charge on any atom is -0.481 e. The lowest BCUT2D eigenvalue weighted by atomic mass is 9.86. The Morgan fingerprint density at radius 2 is 1.88 bits per heavy atom. The van der Waals surface area contributed by atoms with Gasteiger partial charge in [-0.3, -0.25) is 4.79 Å². The van der Waals surface area contributed by atoms with Crippen molar-refractivity contribution in [3.05, 3.63) is 0 Å². The Labute approximate surface area is 102 Å². The van der Waals surface area contributed by atoms with E-state index in [1.165, 1.54) is 0 Å². The Balaban J connectivity index is 2.17. The first-order valence-corrected chi connectivity index (χ1v) is 6.40. The van der Waals surface area contributed by atoms with E-state index in [0.717, 1.165) is 25.7 Å². The zero-order chi connectivity index (χ0) is 12.7. The van der Waals surface area contributed by atoms with Crippen LogP contribution in [0.1, 0.15) is 45.4 Å². The van der Waals surface area contributed by atoms with Crippen LogP contribution < -0.4 is 10.6 Å². The van der Waals surface area contributed by atoms with E-state index in [9.17, 15) is 9.59 Å². The van der Waals surface area contributed by atoms with Gasteiger partial charge in [0.25, 0.3) is 0 Å². The van der Waals surface area contributed by atoms with Gasteiger partial charge in [-0.15, -0.1) is 0 Å². The molecule has 0 spiro atoms. The molecule has 1 saturated carbocycles. The Kier molecular flexibility index (Phi) is 5.80. The SMILES string of the molecule is CCCCNC(=O)NC1CCC(C(=O)O)CC1. The average molecular weight is 242 g/mol. The smallest absolute Gasteiger partial charge is 0.315 e. The number of unbranched alkanes of at least 4 members (excludes halogenated alkanes) is 1. The second kappa shape index (κ2) is 7.14. The van der Waals surface area contributed by atoms with Crippen LogP contribution in [0.3, 0.4) is 0 Å². The Hall–Kier alpha value is -1.26. The summed E-state index contributed by atoms with van der Waals surface area (Å²) in [5.41, 5.74) is 0. The van der Waals surface area contributed by atoms with E-state index in [0.29, 0.717) is 19.4 Å². The number of carboxylic acids is 1. The zero-order valence-electron chi connectivity index (χ0n) is 10.4. The monoisotopic (exact) mass is 242 g/mol. The number of carboxylic acid groups (broad SMARTS) is 1. The summed E-state index contributed by atoms with van der Waals surface area (Å²) >= 11 is 0. The Morgan fingerprint density at radius 3 is 2.41 bits per heavy atom.